The van der Waals surface area contributed by atoms with Gasteiger partial charge in [-0.25, -0.2) is 4.98 Å². The number of imidazole rings is 1. The number of fused-ring (bicyclic) bond motifs is 1. The van der Waals surface area contributed by atoms with Gasteiger partial charge in [-0.3, -0.25) is 4.79 Å². The van der Waals surface area contributed by atoms with Crippen molar-refractivity contribution < 1.29 is 14.3 Å². The molecule has 0 spiro atoms. The third-order valence-corrected chi connectivity index (χ3v) is 4.74. The van der Waals surface area contributed by atoms with E-state index in [2.05, 4.69) is 23.2 Å². The largest absolute Gasteiger partial charge is 0.497 e. The van der Waals surface area contributed by atoms with Crippen molar-refractivity contribution in [3.05, 3.63) is 60.7 Å². The Balaban J connectivity index is 1.50. The topological polar surface area (TPSA) is 56.6 Å². The van der Waals surface area contributed by atoms with E-state index in [-0.39, 0.29) is 12.0 Å². The van der Waals surface area contributed by atoms with E-state index in [1.165, 1.54) is 0 Å². The SMILES string of the molecule is COc1ccc2cc([C@@H]3CN(C(=O)Cn4ccnc4)CCO3)ccc2c1. The molecule has 1 aromatic heterocycles. The van der Waals surface area contributed by atoms with Gasteiger partial charge in [0.05, 0.1) is 26.6 Å². The van der Waals surface area contributed by atoms with E-state index in [0.717, 1.165) is 22.1 Å². The van der Waals surface area contributed by atoms with Gasteiger partial charge in [-0.2, -0.15) is 0 Å². The van der Waals surface area contributed by atoms with Gasteiger partial charge in [-0.15, -0.1) is 0 Å². The average molecular weight is 351 g/mol. The van der Waals surface area contributed by atoms with Crippen LogP contribution in [-0.4, -0.2) is 47.2 Å². The van der Waals surface area contributed by atoms with Crippen molar-refractivity contribution in [2.24, 2.45) is 0 Å². The van der Waals surface area contributed by atoms with E-state index in [1.807, 2.05) is 23.1 Å². The molecule has 0 saturated carbocycles. The lowest BCUT2D eigenvalue weighted by Crippen LogP contribution is -2.43. The molecule has 0 bridgehead atoms. The summed E-state index contributed by atoms with van der Waals surface area (Å²) in [6.45, 7) is 2.04. The Labute approximate surface area is 152 Å². The monoisotopic (exact) mass is 351 g/mol. The zero-order valence-corrected chi connectivity index (χ0v) is 14.7. The minimum absolute atomic E-state index is 0.0850. The maximum Gasteiger partial charge on any atom is 0.242 e. The predicted molar refractivity (Wildman–Crippen MR) is 98.0 cm³/mol. The molecule has 2 heterocycles. The van der Waals surface area contributed by atoms with E-state index in [0.29, 0.717) is 26.2 Å². The van der Waals surface area contributed by atoms with Crippen LogP contribution in [0.3, 0.4) is 0 Å². The van der Waals surface area contributed by atoms with E-state index in [4.69, 9.17) is 9.47 Å². The molecule has 3 aromatic rings. The van der Waals surface area contributed by atoms with E-state index in [9.17, 15) is 4.79 Å². The van der Waals surface area contributed by atoms with Crippen LogP contribution in [0.5, 0.6) is 5.75 Å². The van der Waals surface area contributed by atoms with Gasteiger partial charge in [-0.05, 0) is 34.5 Å². The number of ether oxygens (including phenoxy) is 2. The lowest BCUT2D eigenvalue weighted by molar-refractivity contribution is -0.139. The smallest absolute Gasteiger partial charge is 0.242 e. The van der Waals surface area contributed by atoms with Crippen LogP contribution in [0.4, 0.5) is 0 Å². The van der Waals surface area contributed by atoms with Crippen LogP contribution in [0, 0.1) is 0 Å². The maximum absolute atomic E-state index is 12.5. The van der Waals surface area contributed by atoms with Gasteiger partial charge in [0.2, 0.25) is 5.91 Å². The Kier molecular flexibility index (Phi) is 4.58. The second-order valence-electron chi connectivity index (χ2n) is 6.41. The molecule has 1 fully saturated rings. The van der Waals surface area contributed by atoms with Crippen LogP contribution in [0.25, 0.3) is 10.8 Å². The number of rotatable bonds is 4. The first-order valence-corrected chi connectivity index (χ1v) is 8.66. The summed E-state index contributed by atoms with van der Waals surface area (Å²) in [5, 5.41) is 2.26. The van der Waals surface area contributed by atoms with Crippen LogP contribution in [0.15, 0.2) is 55.1 Å². The fraction of sp³-hybridized carbons (Fsp3) is 0.300. The molecule has 1 aliphatic heterocycles. The van der Waals surface area contributed by atoms with Crippen LogP contribution >= 0.6 is 0 Å². The van der Waals surface area contributed by atoms with Gasteiger partial charge in [0.25, 0.3) is 0 Å². The fourth-order valence-corrected chi connectivity index (χ4v) is 3.28. The summed E-state index contributed by atoms with van der Waals surface area (Å²) in [4.78, 5) is 18.4. The number of benzene rings is 2. The quantitative estimate of drug-likeness (QED) is 0.725. The molecular weight excluding hydrogens is 330 g/mol. The Bertz CT molecular complexity index is 908. The first kappa shape index (κ1) is 16.6. The summed E-state index contributed by atoms with van der Waals surface area (Å²) in [5.41, 5.74) is 1.09. The number of carbonyl (C=O) groups excluding carboxylic acids is 1. The summed E-state index contributed by atoms with van der Waals surface area (Å²) in [7, 11) is 1.67. The van der Waals surface area contributed by atoms with Crippen molar-refractivity contribution in [3.8, 4) is 5.75 Å². The van der Waals surface area contributed by atoms with Crippen LogP contribution in [-0.2, 0) is 16.1 Å². The molecule has 1 atom stereocenters. The standard InChI is InChI=1S/C20H21N3O3/c1-25-18-5-4-15-10-17(3-2-16(15)11-18)19-12-23(8-9-26-19)20(24)13-22-7-6-21-14-22/h2-7,10-11,14,19H,8-9,12-13H2,1H3/t19-/m0/s1. The molecule has 1 amide bonds. The normalized spacial score (nSPS) is 17.4. The second kappa shape index (κ2) is 7.17. The summed E-state index contributed by atoms with van der Waals surface area (Å²) in [6, 6.07) is 12.3. The van der Waals surface area contributed by atoms with E-state index < -0.39 is 0 Å². The maximum atomic E-state index is 12.5. The summed E-state index contributed by atoms with van der Waals surface area (Å²) < 4.78 is 13.0. The Morgan fingerprint density at radius 1 is 1.27 bits per heavy atom. The Hall–Kier alpha value is -2.86. The van der Waals surface area contributed by atoms with Gasteiger partial charge < -0.3 is 18.9 Å². The number of morpholine rings is 1. The molecule has 26 heavy (non-hydrogen) atoms. The number of aromatic nitrogens is 2. The van der Waals surface area contributed by atoms with Crippen LogP contribution < -0.4 is 4.74 Å². The van der Waals surface area contributed by atoms with Crippen molar-refractivity contribution in [3.63, 3.8) is 0 Å². The molecule has 0 aliphatic carbocycles. The van der Waals surface area contributed by atoms with Crippen molar-refractivity contribution in [1.82, 2.24) is 14.5 Å². The van der Waals surface area contributed by atoms with Crippen LogP contribution in [0.2, 0.25) is 0 Å². The number of hydrogen-bond donors (Lipinski definition) is 0. The highest BCUT2D eigenvalue weighted by molar-refractivity contribution is 5.84. The van der Waals surface area contributed by atoms with Crippen molar-refractivity contribution in [1.29, 1.82) is 0 Å². The predicted octanol–water partition coefficient (Wildman–Crippen LogP) is 2.65. The first-order chi connectivity index (χ1) is 12.7. The number of methoxy groups -OCH3 is 1. The molecular formula is C20H21N3O3. The highest BCUT2D eigenvalue weighted by atomic mass is 16.5. The molecule has 6 nitrogen and oxygen atoms in total. The Morgan fingerprint density at radius 3 is 2.92 bits per heavy atom. The molecule has 0 radical (unpaired) electrons. The molecule has 4 rings (SSSR count). The van der Waals surface area contributed by atoms with Gasteiger partial charge in [0.15, 0.2) is 0 Å². The highest BCUT2D eigenvalue weighted by Gasteiger charge is 2.25. The minimum Gasteiger partial charge on any atom is -0.497 e. The summed E-state index contributed by atoms with van der Waals surface area (Å²) in [5.74, 6) is 0.928. The number of nitrogens with zero attached hydrogens (tertiary/aromatic N) is 3. The van der Waals surface area contributed by atoms with Gasteiger partial charge >= 0.3 is 0 Å². The number of amides is 1. The van der Waals surface area contributed by atoms with Gasteiger partial charge in [0, 0.05) is 18.9 Å². The van der Waals surface area contributed by atoms with Gasteiger partial charge in [0.1, 0.15) is 18.4 Å². The van der Waals surface area contributed by atoms with Crippen molar-refractivity contribution in [2.45, 2.75) is 12.6 Å². The first-order valence-electron chi connectivity index (χ1n) is 8.66. The zero-order chi connectivity index (χ0) is 17.9. The molecule has 2 aromatic carbocycles. The second-order valence-corrected chi connectivity index (χ2v) is 6.41. The lowest BCUT2D eigenvalue weighted by atomic mass is 10.0. The Morgan fingerprint density at radius 2 is 2.12 bits per heavy atom. The summed E-state index contributed by atoms with van der Waals surface area (Å²) in [6.07, 6.45) is 5.03. The average Bonchev–Trinajstić information content (AvgIpc) is 3.20. The van der Waals surface area contributed by atoms with Crippen molar-refractivity contribution >= 4 is 16.7 Å². The fourth-order valence-electron chi connectivity index (χ4n) is 3.28. The number of hydrogen-bond acceptors (Lipinski definition) is 4. The minimum atomic E-state index is -0.109. The van der Waals surface area contributed by atoms with E-state index in [1.54, 1.807) is 30.4 Å². The van der Waals surface area contributed by atoms with Crippen LogP contribution in [0.1, 0.15) is 11.7 Å². The molecule has 0 N–H and O–H groups in total. The van der Waals surface area contributed by atoms with E-state index >= 15 is 0 Å². The highest BCUT2D eigenvalue weighted by Crippen LogP contribution is 2.28. The summed E-state index contributed by atoms with van der Waals surface area (Å²) >= 11 is 0. The number of carbonyl (C=O) groups is 1. The van der Waals surface area contributed by atoms with Gasteiger partial charge in [-0.1, -0.05) is 18.2 Å². The van der Waals surface area contributed by atoms with Crippen molar-refractivity contribution in [2.75, 3.05) is 26.8 Å². The molecule has 134 valence electrons. The molecule has 1 aliphatic rings. The molecule has 6 heteroatoms. The lowest BCUT2D eigenvalue weighted by Gasteiger charge is -2.33. The third-order valence-electron chi connectivity index (χ3n) is 4.74. The zero-order valence-electron chi connectivity index (χ0n) is 14.7. The third kappa shape index (κ3) is 3.41. The molecule has 0 unspecified atom stereocenters. The molecule has 1 saturated heterocycles.